The summed E-state index contributed by atoms with van der Waals surface area (Å²) in [4.78, 5) is 0. The van der Waals surface area contributed by atoms with Crippen molar-refractivity contribution >= 4 is 7.80 Å². The summed E-state index contributed by atoms with van der Waals surface area (Å²) >= 11 is 0. The van der Waals surface area contributed by atoms with Gasteiger partial charge in [-0.1, -0.05) is 0 Å². The molecule has 0 radical (unpaired) electrons. The minimum Gasteiger partial charge on any atom is -0.396 e. The maximum absolute atomic E-state index is 10.9. The summed E-state index contributed by atoms with van der Waals surface area (Å²) in [6, 6.07) is 0. The number of hydrogen-bond acceptors (Lipinski definition) is 3. The normalized spacial score (nSPS) is 10.7. The Morgan fingerprint density at radius 2 is 1.40 bits per heavy atom. The molecule has 0 aromatic rings. The van der Waals surface area contributed by atoms with Crippen LogP contribution in [0.1, 0.15) is 12.8 Å². The van der Waals surface area contributed by atoms with E-state index in [0.29, 0.717) is 25.2 Å². The highest BCUT2D eigenvalue weighted by molar-refractivity contribution is 7.44. The topological polar surface area (TPSA) is 57.5 Å². The zero-order chi connectivity index (χ0) is 7.82. The Morgan fingerprint density at radius 1 is 1.00 bits per heavy atom. The Labute approximate surface area is 61.9 Å². The standard InChI is InChI=1S/C6H15O3P/c7-3-1-5-10(9)6-2-4-8/h7-8,10H,1-6H2. The van der Waals surface area contributed by atoms with E-state index in [4.69, 9.17) is 10.2 Å². The SMILES string of the molecule is O=[PH](CCCO)CCCO. The fourth-order valence-electron chi connectivity index (χ4n) is 0.677. The monoisotopic (exact) mass is 166 g/mol. The Hall–Kier alpha value is 0.150. The van der Waals surface area contributed by atoms with Crippen LogP contribution in [0.5, 0.6) is 0 Å². The number of hydrogen-bond donors (Lipinski definition) is 2. The second-order valence-electron chi connectivity index (χ2n) is 2.19. The highest BCUT2D eigenvalue weighted by Crippen LogP contribution is 2.21. The molecule has 0 aromatic carbocycles. The Morgan fingerprint density at radius 3 is 1.70 bits per heavy atom. The Bertz CT molecular complexity index is 85.0. The lowest BCUT2D eigenvalue weighted by atomic mass is 10.5. The van der Waals surface area contributed by atoms with Gasteiger partial charge in [-0.05, 0) is 12.8 Å². The molecule has 0 amide bonds. The first-order chi connectivity index (χ1) is 4.81. The molecule has 0 aliphatic rings. The second-order valence-corrected chi connectivity index (χ2v) is 4.27. The van der Waals surface area contributed by atoms with Crippen molar-refractivity contribution in [1.29, 1.82) is 0 Å². The van der Waals surface area contributed by atoms with Gasteiger partial charge in [0.15, 0.2) is 0 Å². The predicted octanol–water partition coefficient (Wildman–Crippen LogP) is 0.311. The van der Waals surface area contributed by atoms with E-state index in [1.807, 2.05) is 0 Å². The molecule has 4 heteroatoms. The van der Waals surface area contributed by atoms with E-state index < -0.39 is 7.80 Å². The highest BCUT2D eigenvalue weighted by Gasteiger charge is 1.97. The maximum Gasteiger partial charge on any atom is 0.0763 e. The van der Waals surface area contributed by atoms with Crippen LogP contribution in [-0.2, 0) is 4.57 Å². The van der Waals surface area contributed by atoms with Gasteiger partial charge in [0.25, 0.3) is 0 Å². The van der Waals surface area contributed by atoms with E-state index >= 15 is 0 Å². The van der Waals surface area contributed by atoms with Gasteiger partial charge < -0.3 is 14.8 Å². The van der Waals surface area contributed by atoms with Gasteiger partial charge in [-0.2, -0.15) is 0 Å². The van der Waals surface area contributed by atoms with Gasteiger partial charge in [0, 0.05) is 25.5 Å². The molecule has 0 aliphatic carbocycles. The third-order valence-corrected chi connectivity index (χ3v) is 3.05. The Balaban J connectivity index is 3.09. The lowest BCUT2D eigenvalue weighted by Gasteiger charge is -1.97. The summed E-state index contributed by atoms with van der Waals surface area (Å²) in [6.07, 6.45) is 2.51. The second kappa shape index (κ2) is 7.26. The fourth-order valence-corrected chi connectivity index (χ4v) is 2.03. The molecule has 0 rings (SSSR count). The number of aliphatic hydroxyl groups is 2. The summed E-state index contributed by atoms with van der Waals surface area (Å²) < 4.78 is 10.9. The largest absolute Gasteiger partial charge is 0.396 e. The molecule has 0 fully saturated rings. The summed E-state index contributed by atoms with van der Waals surface area (Å²) in [7, 11) is -1.48. The van der Waals surface area contributed by atoms with Gasteiger partial charge >= 0.3 is 0 Å². The molecule has 0 saturated carbocycles. The third-order valence-electron chi connectivity index (χ3n) is 1.23. The molecule has 0 unspecified atom stereocenters. The Kier molecular flexibility index (Phi) is 7.37. The van der Waals surface area contributed by atoms with Gasteiger partial charge in [0.2, 0.25) is 0 Å². The molecule has 0 heterocycles. The van der Waals surface area contributed by atoms with E-state index in [-0.39, 0.29) is 13.2 Å². The van der Waals surface area contributed by atoms with Crippen LogP contribution >= 0.6 is 7.80 Å². The molecular formula is C6H15O3P. The lowest BCUT2D eigenvalue weighted by Crippen LogP contribution is -1.90. The predicted molar refractivity (Wildman–Crippen MR) is 42.1 cm³/mol. The highest BCUT2D eigenvalue weighted by atomic mass is 31.1. The van der Waals surface area contributed by atoms with Gasteiger partial charge in [-0.25, -0.2) is 0 Å². The smallest absolute Gasteiger partial charge is 0.0763 e. The van der Waals surface area contributed by atoms with Crippen LogP contribution < -0.4 is 0 Å². The zero-order valence-electron chi connectivity index (χ0n) is 6.05. The molecule has 0 atom stereocenters. The van der Waals surface area contributed by atoms with E-state index in [1.165, 1.54) is 0 Å². The maximum atomic E-state index is 10.9. The van der Waals surface area contributed by atoms with Crippen molar-refractivity contribution in [1.82, 2.24) is 0 Å². The molecule has 0 saturated heterocycles. The molecule has 10 heavy (non-hydrogen) atoms. The summed E-state index contributed by atoms with van der Waals surface area (Å²) in [5.41, 5.74) is 0. The minimum atomic E-state index is -1.48. The van der Waals surface area contributed by atoms with Crippen LogP contribution in [0.2, 0.25) is 0 Å². The molecule has 0 aliphatic heterocycles. The quantitative estimate of drug-likeness (QED) is 0.558. The first kappa shape index (κ1) is 10.2. The first-order valence-electron chi connectivity index (χ1n) is 3.54. The van der Waals surface area contributed by atoms with Crippen LogP contribution in [0.15, 0.2) is 0 Å². The molecular weight excluding hydrogens is 151 g/mol. The molecule has 0 bridgehead atoms. The fraction of sp³-hybridized carbons (Fsp3) is 1.00. The van der Waals surface area contributed by atoms with Gasteiger partial charge in [-0.15, -0.1) is 0 Å². The van der Waals surface area contributed by atoms with Crippen molar-refractivity contribution in [2.24, 2.45) is 0 Å². The number of aliphatic hydroxyl groups excluding tert-OH is 2. The van der Waals surface area contributed by atoms with Crippen LogP contribution in [0, 0.1) is 0 Å². The average molecular weight is 166 g/mol. The van der Waals surface area contributed by atoms with Gasteiger partial charge in [0.1, 0.15) is 0 Å². The summed E-state index contributed by atoms with van der Waals surface area (Å²) in [5, 5.41) is 16.7. The molecule has 62 valence electrons. The zero-order valence-corrected chi connectivity index (χ0v) is 7.05. The van der Waals surface area contributed by atoms with Crippen molar-refractivity contribution in [3.05, 3.63) is 0 Å². The molecule has 0 aromatic heterocycles. The third kappa shape index (κ3) is 6.27. The molecule has 0 spiro atoms. The van der Waals surface area contributed by atoms with Crippen molar-refractivity contribution in [2.75, 3.05) is 25.5 Å². The molecule has 2 N–H and O–H groups in total. The van der Waals surface area contributed by atoms with Gasteiger partial charge in [-0.3, -0.25) is 0 Å². The van der Waals surface area contributed by atoms with E-state index in [9.17, 15) is 4.57 Å². The first-order valence-corrected chi connectivity index (χ1v) is 5.37. The average Bonchev–Trinajstić information content (AvgIpc) is 1.97. The summed E-state index contributed by atoms with van der Waals surface area (Å²) in [5.74, 6) is 0. The van der Waals surface area contributed by atoms with Crippen LogP contribution in [0.3, 0.4) is 0 Å². The summed E-state index contributed by atoms with van der Waals surface area (Å²) in [6.45, 7) is 0.241. The number of rotatable bonds is 6. The van der Waals surface area contributed by atoms with E-state index in [1.54, 1.807) is 0 Å². The van der Waals surface area contributed by atoms with Crippen molar-refractivity contribution in [3.63, 3.8) is 0 Å². The lowest BCUT2D eigenvalue weighted by molar-refractivity contribution is 0.293. The van der Waals surface area contributed by atoms with Crippen molar-refractivity contribution < 1.29 is 14.8 Å². The van der Waals surface area contributed by atoms with E-state index in [0.717, 1.165) is 0 Å². The minimum absolute atomic E-state index is 0.121. The van der Waals surface area contributed by atoms with E-state index in [2.05, 4.69) is 0 Å². The van der Waals surface area contributed by atoms with Crippen LogP contribution in [-0.4, -0.2) is 35.8 Å². The van der Waals surface area contributed by atoms with Crippen LogP contribution in [0.4, 0.5) is 0 Å². The van der Waals surface area contributed by atoms with Crippen molar-refractivity contribution in [2.45, 2.75) is 12.8 Å². The van der Waals surface area contributed by atoms with Gasteiger partial charge in [0.05, 0.1) is 7.80 Å². The van der Waals surface area contributed by atoms with Crippen LogP contribution in [0.25, 0.3) is 0 Å². The molecule has 3 nitrogen and oxygen atoms in total. The van der Waals surface area contributed by atoms with Crippen molar-refractivity contribution in [3.8, 4) is 0 Å².